The summed E-state index contributed by atoms with van der Waals surface area (Å²) in [6.45, 7) is 8.63. The van der Waals surface area contributed by atoms with Gasteiger partial charge in [0.15, 0.2) is 11.8 Å². The van der Waals surface area contributed by atoms with E-state index in [9.17, 15) is 0 Å². The summed E-state index contributed by atoms with van der Waals surface area (Å²) in [5.41, 5.74) is 0.939. The lowest BCUT2D eigenvalue weighted by atomic mass is 10.1. The fourth-order valence-corrected chi connectivity index (χ4v) is 2.21. The van der Waals surface area contributed by atoms with Gasteiger partial charge in [-0.3, -0.25) is 5.10 Å². The Morgan fingerprint density at radius 1 is 1.23 bits per heavy atom. The molecule has 2 rings (SSSR count). The van der Waals surface area contributed by atoms with Gasteiger partial charge in [-0.25, -0.2) is 9.98 Å². The van der Waals surface area contributed by atoms with Crippen LogP contribution in [0.4, 0.5) is 0 Å². The number of nitrogens with zero attached hydrogens (tertiary/aromatic N) is 3. The Labute approximate surface area is 172 Å². The smallest absolute Gasteiger partial charge is 0.191 e. The zero-order valence-electron chi connectivity index (χ0n) is 15.9. The molecule has 1 aromatic carbocycles. The standard InChI is InChI=1S/C18H28N6O.HI/c1-5-19-18(20-11-10-13(2)3)21-12-16-22-17(24-23-16)14-6-8-15(25-4)9-7-14;/h6-9,13H,5,10-12H2,1-4H3,(H2,19,20,21)(H,22,23,24);1H. The van der Waals surface area contributed by atoms with Crippen molar-refractivity contribution in [2.45, 2.75) is 33.7 Å². The molecule has 3 N–H and O–H groups in total. The summed E-state index contributed by atoms with van der Waals surface area (Å²) >= 11 is 0. The molecular formula is C18H29IN6O. The molecule has 26 heavy (non-hydrogen) atoms. The molecule has 0 aliphatic rings. The summed E-state index contributed by atoms with van der Waals surface area (Å²) in [5.74, 6) is 3.66. The maximum absolute atomic E-state index is 5.16. The largest absolute Gasteiger partial charge is 0.497 e. The highest BCUT2D eigenvalue weighted by Gasteiger charge is 2.06. The number of benzene rings is 1. The van der Waals surface area contributed by atoms with Gasteiger partial charge in [-0.15, -0.1) is 24.0 Å². The average Bonchev–Trinajstić information content (AvgIpc) is 3.08. The van der Waals surface area contributed by atoms with Crippen LogP contribution in [0.5, 0.6) is 5.75 Å². The van der Waals surface area contributed by atoms with Gasteiger partial charge in [0.25, 0.3) is 0 Å². The van der Waals surface area contributed by atoms with Crippen LogP contribution in [-0.2, 0) is 6.54 Å². The van der Waals surface area contributed by atoms with Gasteiger partial charge in [0.1, 0.15) is 18.1 Å². The normalized spacial score (nSPS) is 11.2. The van der Waals surface area contributed by atoms with Gasteiger partial charge in [-0.1, -0.05) is 13.8 Å². The minimum Gasteiger partial charge on any atom is -0.497 e. The third-order valence-corrected chi connectivity index (χ3v) is 3.63. The lowest BCUT2D eigenvalue weighted by Gasteiger charge is -2.11. The summed E-state index contributed by atoms with van der Waals surface area (Å²) in [6, 6.07) is 7.66. The van der Waals surface area contributed by atoms with E-state index in [4.69, 9.17) is 4.74 Å². The van der Waals surface area contributed by atoms with Crippen LogP contribution < -0.4 is 15.4 Å². The topological polar surface area (TPSA) is 87.2 Å². The van der Waals surface area contributed by atoms with Crippen molar-refractivity contribution in [3.63, 3.8) is 0 Å². The summed E-state index contributed by atoms with van der Waals surface area (Å²) < 4.78 is 5.16. The Bertz CT molecular complexity index is 669. The maximum atomic E-state index is 5.16. The first-order chi connectivity index (χ1) is 12.1. The molecule has 2 aromatic rings. The zero-order chi connectivity index (χ0) is 18.1. The van der Waals surface area contributed by atoms with E-state index in [0.717, 1.165) is 42.6 Å². The third kappa shape index (κ3) is 7.19. The van der Waals surface area contributed by atoms with E-state index in [1.54, 1.807) is 7.11 Å². The Morgan fingerprint density at radius 3 is 2.58 bits per heavy atom. The molecule has 0 spiro atoms. The second-order valence-electron chi connectivity index (χ2n) is 6.14. The van der Waals surface area contributed by atoms with Crippen LogP contribution in [0.15, 0.2) is 29.3 Å². The van der Waals surface area contributed by atoms with Crippen LogP contribution >= 0.6 is 24.0 Å². The van der Waals surface area contributed by atoms with E-state index in [-0.39, 0.29) is 24.0 Å². The molecule has 0 aliphatic heterocycles. The van der Waals surface area contributed by atoms with Crippen molar-refractivity contribution >= 4 is 29.9 Å². The van der Waals surface area contributed by atoms with Crippen molar-refractivity contribution in [3.05, 3.63) is 30.1 Å². The number of hydrogen-bond acceptors (Lipinski definition) is 4. The second kappa shape index (κ2) is 11.7. The minimum absolute atomic E-state index is 0. The predicted octanol–water partition coefficient (Wildman–Crippen LogP) is 3.20. The highest BCUT2D eigenvalue weighted by atomic mass is 127. The second-order valence-corrected chi connectivity index (χ2v) is 6.14. The quantitative estimate of drug-likeness (QED) is 0.312. The fraction of sp³-hybridized carbons (Fsp3) is 0.500. The highest BCUT2D eigenvalue weighted by Crippen LogP contribution is 2.18. The molecule has 0 saturated carbocycles. The van der Waals surface area contributed by atoms with Crippen LogP contribution in [0, 0.1) is 5.92 Å². The van der Waals surface area contributed by atoms with E-state index in [2.05, 4.69) is 51.6 Å². The van der Waals surface area contributed by atoms with Crippen molar-refractivity contribution in [2.24, 2.45) is 10.9 Å². The fourth-order valence-electron chi connectivity index (χ4n) is 2.21. The molecule has 0 unspecified atom stereocenters. The number of hydrogen-bond donors (Lipinski definition) is 3. The highest BCUT2D eigenvalue weighted by molar-refractivity contribution is 14.0. The molecule has 0 atom stereocenters. The zero-order valence-corrected chi connectivity index (χ0v) is 18.2. The molecule has 0 saturated heterocycles. The van der Waals surface area contributed by atoms with E-state index in [1.165, 1.54) is 0 Å². The molecule has 0 radical (unpaired) electrons. The number of guanidine groups is 1. The van der Waals surface area contributed by atoms with Gasteiger partial charge in [0, 0.05) is 18.7 Å². The average molecular weight is 472 g/mol. The number of nitrogens with one attached hydrogen (secondary N) is 3. The SMILES string of the molecule is CCNC(=NCc1nc(-c2ccc(OC)cc2)n[nH]1)NCCC(C)C.I. The van der Waals surface area contributed by atoms with Gasteiger partial charge in [0.2, 0.25) is 0 Å². The van der Waals surface area contributed by atoms with Crippen LogP contribution in [0.1, 0.15) is 33.0 Å². The van der Waals surface area contributed by atoms with Crippen molar-refractivity contribution in [1.82, 2.24) is 25.8 Å². The summed E-state index contributed by atoms with van der Waals surface area (Å²) in [7, 11) is 1.65. The number of halogens is 1. The molecule has 0 fully saturated rings. The number of aromatic amines is 1. The van der Waals surface area contributed by atoms with Crippen molar-refractivity contribution in [3.8, 4) is 17.1 Å². The lowest BCUT2D eigenvalue weighted by molar-refractivity contribution is 0.415. The monoisotopic (exact) mass is 472 g/mol. The molecule has 1 heterocycles. The summed E-state index contributed by atoms with van der Waals surface area (Å²) in [6.07, 6.45) is 1.11. The first-order valence-electron chi connectivity index (χ1n) is 8.70. The van der Waals surface area contributed by atoms with Crippen LogP contribution in [0.3, 0.4) is 0 Å². The number of aromatic nitrogens is 3. The van der Waals surface area contributed by atoms with Crippen molar-refractivity contribution in [2.75, 3.05) is 20.2 Å². The summed E-state index contributed by atoms with van der Waals surface area (Å²) in [5, 5.41) is 13.8. The first-order valence-corrected chi connectivity index (χ1v) is 8.70. The van der Waals surface area contributed by atoms with E-state index >= 15 is 0 Å². The molecule has 0 aliphatic carbocycles. The van der Waals surface area contributed by atoms with Gasteiger partial charge >= 0.3 is 0 Å². The van der Waals surface area contributed by atoms with Crippen LogP contribution in [0.2, 0.25) is 0 Å². The van der Waals surface area contributed by atoms with Crippen molar-refractivity contribution in [1.29, 1.82) is 0 Å². The molecule has 7 nitrogen and oxygen atoms in total. The van der Waals surface area contributed by atoms with Crippen LogP contribution in [0.25, 0.3) is 11.4 Å². The molecule has 0 amide bonds. The molecule has 0 bridgehead atoms. The van der Waals surface area contributed by atoms with Gasteiger partial charge in [0.05, 0.1) is 7.11 Å². The number of H-pyrrole nitrogens is 1. The Kier molecular flexibility index (Phi) is 10.0. The van der Waals surface area contributed by atoms with Gasteiger partial charge in [-0.05, 0) is 43.5 Å². The molecular weight excluding hydrogens is 443 g/mol. The van der Waals surface area contributed by atoms with E-state index in [1.807, 2.05) is 24.3 Å². The van der Waals surface area contributed by atoms with Gasteiger partial charge < -0.3 is 15.4 Å². The predicted molar refractivity (Wildman–Crippen MR) is 116 cm³/mol. The lowest BCUT2D eigenvalue weighted by Crippen LogP contribution is -2.38. The van der Waals surface area contributed by atoms with Crippen molar-refractivity contribution < 1.29 is 4.74 Å². The number of methoxy groups -OCH3 is 1. The van der Waals surface area contributed by atoms with E-state index in [0.29, 0.717) is 18.3 Å². The van der Waals surface area contributed by atoms with Gasteiger partial charge in [-0.2, -0.15) is 5.10 Å². The number of aliphatic imine (C=N–C) groups is 1. The molecule has 8 heteroatoms. The molecule has 144 valence electrons. The minimum atomic E-state index is 0. The maximum Gasteiger partial charge on any atom is 0.191 e. The number of ether oxygens (including phenoxy) is 1. The Balaban J connectivity index is 0.00000338. The first kappa shape index (κ1) is 22.2. The summed E-state index contributed by atoms with van der Waals surface area (Å²) in [4.78, 5) is 9.06. The van der Waals surface area contributed by atoms with E-state index < -0.39 is 0 Å². The Morgan fingerprint density at radius 2 is 1.96 bits per heavy atom. The van der Waals surface area contributed by atoms with Crippen LogP contribution in [-0.4, -0.2) is 41.3 Å². The Hall–Kier alpha value is -1.84. The third-order valence-electron chi connectivity index (χ3n) is 3.63. The molecule has 1 aromatic heterocycles. The number of rotatable bonds is 8.